The number of ether oxygens (including phenoxy) is 1. The minimum absolute atomic E-state index is 0.386. The molecule has 7 nitrogen and oxygen atoms in total. The van der Waals surface area contributed by atoms with Crippen LogP contribution in [0.25, 0.3) is 0 Å². The fourth-order valence-corrected chi connectivity index (χ4v) is 1.94. The second-order valence-electron chi connectivity index (χ2n) is 4.28. The van der Waals surface area contributed by atoms with Crippen LogP contribution in [-0.2, 0) is 4.79 Å². The Bertz CT molecular complexity index is 546. The van der Waals surface area contributed by atoms with E-state index in [0.29, 0.717) is 22.6 Å². The minimum atomic E-state index is -0.510. The lowest BCUT2D eigenvalue weighted by Crippen LogP contribution is -2.46. The van der Waals surface area contributed by atoms with Crippen molar-refractivity contribution in [1.82, 2.24) is 5.32 Å². The quantitative estimate of drug-likeness (QED) is 0.327. The van der Waals surface area contributed by atoms with Crippen LogP contribution in [0.1, 0.15) is 18.1 Å². The summed E-state index contributed by atoms with van der Waals surface area (Å²) in [6, 6.07) is 2.72. The summed E-state index contributed by atoms with van der Waals surface area (Å²) in [4.78, 5) is 23.9. The topological polar surface area (TPSA) is 109 Å². The minimum Gasteiger partial charge on any atom is -0.427 e. The molecular formula is C13H18N4O3. The number of carbonyl (C=O) groups excluding carboxylic acids is 2. The first-order valence-electron chi connectivity index (χ1n) is 5.93. The fraction of sp³-hybridized carbons (Fsp3) is 0.308. The van der Waals surface area contributed by atoms with Gasteiger partial charge in [-0.3, -0.25) is 10.2 Å². The molecule has 0 unspecified atom stereocenters. The summed E-state index contributed by atoms with van der Waals surface area (Å²) in [7, 11) is 1.45. The lowest BCUT2D eigenvalue weighted by atomic mass is 10.1. The zero-order valence-corrected chi connectivity index (χ0v) is 11.9. The van der Waals surface area contributed by atoms with Crippen LogP contribution in [0.2, 0.25) is 0 Å². The molecule has 0 spiro atoms. The van der Waals surface area contributed by atoms with Crippen LogP contribution in [0.5, 0.6) is 5.75 Å². The summed E-state index contributed by atoms with van der Waals surface area (Å²) in [5, 5.41) is 9.97. The number of hydrogen-bond donors (Lipinski definition) is 3. The SMILES string of the molecule is CNC(=O)N(C(=N)N)c1c(C)cc(OC(C)=O)cc1C. The summed E-state index contributed by atoms with van der Waals surface area (Å²) >= 11 is 0. The molecule has 0 saturated carbocycles. The van der Waals surface area contributed by atoms with Gasteiger partial charge in [0, 0.05) is 14.0 Å². The van der Waals surface area contributed by atoms with Gasteiger partial charge in [0.25, 0.3) is 0 Å². The Hall–Kier alpha value is -2.57. The van der Waals surface area contributed by atoms with E-state index in [-0.39, 0.29) is 0 Å². The lowest BCUT2D eigenvalue weighted by molar-refractivity contribution is -0.131. The molecule has 0 heterocycles. The molecule has 20 heavy (non-hydrogen) atoms. The molecule has 1 rings (SSSR count). The Morgan fingerprint density at radius 3 is 2.15 bits per heavy atom. The third-order valence-electron chi connectivity index (χ3n) is 2.61. The van der Waals surface area contributed by atoms with E-state index in [2.05, 4.69) is 5.32 Å². The van der Waals surface area contributed by atoms with Crippen molar-refractivity contribution in [2.24, 2.45) is 5.73 Å². The number of amides is 2. The van der Waals surface area contributed by atoms with Gasteiger partial charge >= 0.3 is 12.0 Å². The van der Waals surface area contributed by atoms with Gasteiger partial charge in [0.1, 0.15) is 5.75 Å². The summed E-state index contributed by atoms with van der Waals surface area (Å²) in [5.74, 6) is -0.432. The van der Waals surface area contributed by atoms with Crippen molar-refractivity contribution in [3.8, 4) is 5.75 Å². The first-order chi connectivity index (χ1) is 9.27. The van der Waals surface area contributed by atoms with E-state index in [9.17, 15) is 9.59 Å². The number of hydrogen-bond acceptors (Lipinski definition) is 4. The van der Waals surface area contributed by atoms with Crippen molar-refractivity contribution < 1.29 is 14.3 Å². The molecule has 4 N–H and O–H groups in total. The van der Waals surface area contributed by atoms with Gasteiger partial charge < -0.3 is 15.8 Å². The molecule has 1 aromatic carbocycles. The highest BCUT2D eigenvalue weighted by Gasteiger charge is 2.22. The van der Waals surface area contributed by atoms with E-state index in [1.54, 1.807) is 26.0 Å². The largest absolute Gasteiger partial charge is 0.427 e. The van der Waals surface area contributed by atoms with Crippen LogP contribution in [0.3, 0.4) is 0 Å². The Balaban J connectivity index is 3.34. The maximum Gasteiger partial charge on any atom is 0.328 e. The molecule has 0 fully saturated rings. The molecule has 0 aromatic heterocycles. The van der Waals surface area contributed by atoms with E-state index in [1.165, 1.54) is 14.0 Å². The van der Waals surface area contributed by atoms with Crippen LogP contribution < -0.4 is 20.7 Å². The van der Waals surface area contributed by atoms with E-state index < -0.39 is 18.0 Å². The van der Waals surface area contributed by atoms with Gasteiger partial charge in [0.2, 0.25) is 5.96 Å². The maximum absolute atomic E-state index is 11.8. The van der Waals surface area contributed by atoms with Crippen molar-refractivity contribution in [2.45, 2.75) is 20.8 Å². The van der Waals surface area contributed by atoms with Gasteiger partial charge in [-0.2, -0.15) is 0 Å². The number of rotatable bonds is 2. The van der Waals surface area contributed by atoms with Crippen molar-refractivity contribution in [1.29, 1.82) is 5.41 Å². The molecular weight excluding hydrogens is 260 g/mol. The molecule has 1 aromatic rings. The van der Waals surface area contributed by atoms with Crippen LogP contribution in [0.15, 0.2) is 12.1 Å². The number of aryl methyl sites for hydroxylation is 2. The summed E-state index contributed by atoms with van der Waals surface area (Å²) in [6.45, 7) is 4.80. The predicted molar refractivity (Wildman–Crippen MR) is 76.1 cm³/mol. The normalized spacial score (nSPS) is 9.80. The van der Waals surface area contributed by atoms with Gasteiger partial charge in [0.15, 0.2) is 0 Å². The highest BCUT2D eigenvalue weighted by molar-refractivity contribution is 6.14. The second kappa shape index (κ2) is 6.05. The Morgan fingerprint density at radius 2 is 1.80 bits per heavy atom. The van der Waals surface area contributed by atoms with Crippen molar-refractivity contribution >= 4 is 23.6 Å². The lowest BCUT2D eigenvalue weighted by Gasteiger charge is -2.24. The number of urea groups is 1. The Labute approximate surface area is 117 Å². The van der Waals surface area contributed by atoms with Gasteiger partial charge in [0.05, 0.1) is 5.69 Å². The first kappa shape index (κ1) is 15.5. The highest BCUT2D eigenvalue weighted by Crippen LogP contribution is 2.29. The number of nitrogens with zero attached hydrogens (tertiary/aromatic N) is 1. The van der Waals surface area contributed by atoms with Gasteiger partial charge in [-0.15, -0.1) is 0 Å². The van der Waals surface area contributed by atoms with E-state index in [4.69, 9.17) is 15.9 Å². The molecule has 7 heteroatoms. The third-order valence-corrected chi connectivity index (χ3v) is 2.61. The predicted octanol–water partition coefficient (Wildman–Crippen LogP) is 1.27. The Kier molecular flexibility index (Phi) is 4.68. The Morgan fingerprint density at radius 1 is 1.30 bits per heavy atom. The van der Waals surface area contributed by atoms with Gasteiger partial charge in [-0.25, -0.2) is 9.69 Å². The van der Waals surface area contributed by atoms with Gasteiger partial charge in [-0.1, -0.05) is 0 Å². The first-order valence-corrected chi connectivity index (χ1v) is 5.93. The average Bonchev–Trinajstić information content (AvgIpc) is 2.31. The zero-order valence-electron chi connectivity index (χ0n) is 11.9. The molecule has 0 saturated heterocycles. The van der Waals surface area contributed by atoms with Crippen molar-refractivity contribution in [3.63, 3.8) is 0 Å². The van der Waals surface area contributed by atoms with Crippen LogP contribution in [-0.4, -0.2) is 25.0 Å². The molecule has 0 aliphatic rings. The number of nitrogens with two attached hydrogens (primary N) is 1. The standard InChI is InChI=1S/C13H18N4O3/c1-7-5-10(20-9(3)18)6-8(2)11(7)17(12(14)15)13(19)16-4/h5-6H,1-4H3,(H3,14,15)(H,16,19). The van der Waals surface area contributed by atoms with Crippen LogP contribution in [0.4, 0.5) is 10.5 Å². The smallest absolute Gasteiger partial charge is 0.328 e. The third kappa shape index (κ3) is 3.25. The number of esters is 1. The number of anilines is 1. The number of carbonyl (C=O) groups is 2. The fourth-order valence-electron chi connectivity index (χ4n) is 1.94. The number of benzene rings is 1. The second-order valence-corrected chi connectivity index (χ2v) is 4.28. The maximum atomic E-state index is 11.8. The van der Waals surface area contributed by atoms with E-state index in [1.807, 2.05) is 0 Å². The molecule has 0 aliphatic carbocycles. The molecule has 0 aliphatic heterocycles. The summed E-state index contributed by atoms with van der Waals surface area (Å²) in [6.07, 6.45) is 0. The van der Waals surface area contributed by atoms with Crippen molar-refractivity contribution in [3.05, 3.63) is 23.3 Å². The molecule has 0 bridgehead atoms. The van der Waals surface area contributed by atoms with E-state index in [0.717, 1.165) is 4.90 Å². The molecule has 0 atom stereocenters. The van der Waals surface area contributed by atoms with Crippen LogP contribution in [0, 0.1) is 19.3 Å². The van der Waals surface area contributed by atoms with Crippen molar-refractivity contribution in [2.75, 3.05) is 11.9 Å². The van der Waals surface area contributed by atoms with E-state index >= 15 is 0 Å². The average molecular weight is 278 g/mol. The van der Waals surface area contributed by atoms with Gasteiger partial charge in [-0.05, 0) is 37.1 Å². The van der Waals surface area contributed by atoms with Crippen LogP contribution >= 0.6 is 0 Å². The molecule has 2 amide bonds. The highest BCUT2D eigenvalue weighted by atomic mass is 16.5. The number of nitrogens with one attached hydrogen (secondary N) is 2. The summed E-state index contributed by atoms with van der Waals surface area (Å²) < 4.78 is 5.01. The zero-order chi connectivity index (χ0) is 15.4. The summed E-state index contributed by atoms with van der Waals surface area (Å²) in [5.41, 5.74) is 7.29. The molecule has 0 radical (unpaired) electrons. The monoisotopic (exact) mass is 278 g/mol. The molecule has 108 valence electrons. The number of guanidine groups is 1.